The summed E-state index contributed by atoms with van der Waals surface area (Å²) in [6.45, 7) is -0.104. The van der Waals surface area contributed by atoms with E-state index in [0.29, 0.717) is 0 Å². The zero-order chi connectivity index (χ0) is 16.2. The van der Waals surface area contributed by atoms with E-state index in [1.807, 2.05) is 0 Å². The van der Waals surface area contributed by atoms with E-state index in [-0.39, 0.29) is 30.0 Å². The molecular weight excluding hydrogens is 303 g/mol. The van der Waals surface area contributed by atoms with Crippen LogP contribution in [0.1, 0.15) is 38.0 Å². The molecule has 1 aliphatic rings. The molecule has 0 saturated heterocycles. The van der Waals surface area contributed by atoms with Crippen LogP contribution in [0.15, 0.2) is 16.9 Å². The zero-order valence-electron chi connectivity index (χ0n) is 12.5. The van der Waals surface area contributed by atoms with Crippen molar-refractivity contribution in [3.05, 3.63) is 18.3 Å². The topological polar surface area (TPSA) is 113 Å². The van der Waals surface area contributed by atoms with Crippen LogP contribution in [0.3, 0.4) is 0 Å². The molecule has 122 valence electrons. The summed E-state index contributed by atoms with van der Waals surface area (Å²) in [6, 6.07) is 0. The van der Waals surface area contributed by atoms with E-state index in [1.165, 1.54) is 17.4 Å². The van der Waals surface area contributed by atoms with Crippen molar-refractivity contribution in [2.75, 3.05) is 0 Å². The highest BCUT2D eigenvalue weighted by atomic mass is 19.1. The first-order valence-corrected chi connectivity index (χ1v) is 7.51. The second-order valence-corrected chi connectivity index (χ2v) is 5.57. The van der Waals surface area contributed by atoms with Gasteiger partial charge in [-0.15, -0.1) is 5.10 Å². The van der Waals surface area contributed by atoms with E-state index >= 15 is 0 Å². The summed E-state index contributed by atoms with van der Waals surface area (Å²) in [5.41, 5.74) is 5.07. The Balaban J connectivity index is 1.73. The quantitative estimate of drug-likeness (QED) is 0.897. The van der Waals surface area contributed by atoms with Crippen molar-refractivity contribution in [3.8, 4) is 11.6 Å². The summed E-state index contributed by atoms with van der Waals surface area (Å²) in [4.78, 5) is 18.7. The minimum Gasteiger partial charge on any atom is -0.368 e. The molecular formula is C14H17FN6O2. The van der Waals surface area contributed by atoms with Crippen molar-refractivity contribution in [3.63, 3.8) is 0 Å². The molecule has 1 saturated carbocycles. The molecule has 0 aromatic carbocycles. The monoisotopic (exact) mass is 320 g/mol. The number of amides is 1. The number of halogens is 1. The summed E-state index contributed by atoms with van der Waals surface area (Å²) >= 11 is 0. The Morgan fingerprint density at radius 1 is 1.39 bits per heavy atom. The van der Waals surface area contributed by atoms with Crippen molar-refractivity contribution in [1.82, 2.24) is 24.9 Å². The molecule has 1 fully saturated rings. The fourth-order valence-electron chi connectivity index (χ4n) is 2.62. The molecule has 3 rings (SSSR count). The van der Waals surface area contributed by atoms with Gasteiger partial charge in [0.2, 0.25) is 17.6 Å². The van der Waals surface area contributed by atoms with Gasteiger partial charge in [-0.3, -0.25) is 4.79 Å². The third-order valence-corrected chi connectivity index (χ3v) is 3.72. The maximum absolute atomic E-state index is 14.2. The third kappa shape index (κ3) is 3.79. The van der Waals surface area contributed by atoms with E-state index in [1.54, 1.807) is 6.08 Å². The molecule has 23 heavy (non-hydrogen) atoms. The van der Waals surface area contributed by atoms with Crippen LogP contribution in [0, 0.1) is 5.92 Å². The predicted molar refractivity (Wildman–Crippen MR) is 78.2 cm³/mol. The average Bonchev–Trinajstić information content (AvgIpc) is 3.16. The first-order valence-electron chi connectivity index (χ1n) is 7.51. The van der Waals surface area contributed by atoms with Gasteiger partial charge in [0, 0.05) is 0 Å². The average molecular weight is 320 g/mol. The highest BCUT2D eigenvalue weighted by molar-refractivity contribution is 5.73. The molecule has 2 aromatic rings. The van der Waals surface area contributed by atoms with Gasteiger partial charge in [-0.05, 0) is 24.8 Å². The van der Waals surface area contributed by atoms with Gasteiger partial charge in [0.15, 0.2) is 5.83 Å². The number of rotatable bonds is 5. The molecule has 0 aliphatic heterocycles. The van der Waals surface area contributed by atoms with Crippen LogP contribution < -0.4 is 5.73 Å². The van der Waals surface area contributed by atoms with E-state index in [0.717, 1.165) is 25.7 Å². The van der Waals surface area contributed by atoms with Gasteiger partial charge >= 0.3 is 0 Å². The highest BCUT2D eigenvalue weighted by Gasteiger charge is 2.18. The maximum atomic E-state index is 14.2. The number of allylic oxidation sites excluding steroid dienone is 1. The second-order valence-electron chi connectivity index (χ2n) is 5.57. The van der Waals surface area contributed by atoms with Crippen LogP contribution in [0.4, 0.5) is 4.39 Å². The van der Waals surface area contributed by atoms with Crippen LogP contribution in [0.5, 0.6) is 0 Å². The largest absolute Gasteiger partial charge is 0.368 e. The molecule has 2 aromatic heterocycles. The Morgan fingerprint density at radius 2 is 2.17 bits per heavy atom. The molecule has 0 unspecified atom stereocenters. The Kier molecular flexibility index (Phi) is 4.45. The van der Waals surface area contributed by atoms with Gasteiger partial charge in [0.05, 0.1) is 0 Å². The number of nitrogens with two attached hydrogens (primary N) is 1. The number of aromatic nitrogens is 5. The fourth-order valence-corrected chi connectivity index (χ4v) is 2.62. The molecule has 9 heteroatoms. The SMILES string of the molecule is NC(=O)Cn1cnc(-c2noc(C(F)=CC3CCCCC3)n2)n1. The number of hydrogen-bond acceptors (Lipinski definition) is 6. The Hall–Kier alpha value is -2.58. The lowest BCUT2D eigenvalue weighted by Gasteiger charge is -2.17. The van der Waals surface area contributed by atoms with Crippen molar-refractivity contribution < 1.29 is 13.7 Å². The smallest absolute Gasteiger partial charge is 0.286 e. The molecule has 8 nitrogen and oxygen atoms in total. The molecule has 2 heterocycles. The zero-order valence-corrected chi connectivity index (χ0v) is 12.5. The van der Waals surface area contributed by atoms with Crippen LogP contribution in [0.25, 0.3) is 17.5 Å². The minimum absolute atomic E-state index is 0.0652. The van der Waals surface area contributed by atoms with Crippen LogP contribution in [-0.2, 0) is 11.3 Å². The predicted octanol–water partition coefficient (Wildman–Crippen LogP) is 1.70. The number of primary amides is 1. The number of carbonyl (C=O) groups is 1. The molecule has 0 bridgehead atoms. The van der Waals surface area contributed by atoms with E-state index in [4.69, 9.17) is 10.3 Å². The van der Waals surface area contributed by atoms with Crippen LogP contribution in [-0.4, -0.2) is 30.8 Å². The summed E-state index contributed by atoms with van der Waals surface area (Å²) < 4.78 is 20.4. The van der Waals surface area contributed by atoms with Crippen molar-refractivity contribution in [2.24, 2.45) is 11.7 Å². The fraction of sp³-hybridized carbons (Fsp3) is 0.500. The molecule has 0 spiro atoms. The highest BCUT2D eigenvalue weighted by Crippen LogP contribution is 2.28. The molecule has 1 amide bonds. The van der Waals surface area contributed by atoms with Crippen molar-refractivity contribution >= 4 is 11.7 Å². The Labute approximate surface area is 131 Å². The normalized spacial score (nSPS) is 16.7. The Morgan fingerprint density at radius 3 is 2.91 bits per heavy atom. The minimum atomic E-state index is -0.545. The lowest BCUT2D eigenvalue weighted by atomic mass is 9.89. The number of nitrogens with zero attached hydrogens (tertiary/aromatic N) is 5. The summed E-state index contributed by atoms with van der Waals surface area (Å²) in [5.74, 6) is -0.824. The van der Waals surface area contributed by atoms with Crippen LogP contribution >= 0.6 is 0 Å². The molecule has 0 radical (unpaired) electrons. The first-order chi connectivity index (χ1) is 11.1. The molecule has 0 atom stereocenters. The van der Waals surface area contributed by atoms with E-state index < -0.39 is 11.7 Å². The number of hydrogen-bond donors (Lipinski definition) is 1. The van der Waals surface area contributed by atoms with Gasteiger partial charge in [-0.25, -0.2) is 14.1 Å². The van der Waals surface area contributed by atoms with E-state index in [9.17, 15) is 9.18 Å². The molecule has 1 aliphatic carbocycles. The molecule has 2 N–H and O–H groups in total. The lowest BCUT2D eigenvalue weighted by molar-refractivity contribution is -0.118. The van der Waals surface area contributed by atoms with Gasteiger partial charge in [-0.1, -0.05) is 24.4 Å². The standard InChI is InChI=1S/C14H17FN6O2/c15-10(6-9-4-2-1-3-5-9)14-18-13(20-23-14)12-17-8-21(19-12)7-11(16)22/h6,8-9H,1-5,7H2,(H2,16,22). The Bertz CT molecular complexity index is 716. The van der Waals surface area contributed by atoms with Gasteiger partial charge in [0.25, 0.3) is 5.89 Å². The van der Waals surface area contributed by atoms with Crippen molar-refractivity contribution in [1.29, 1.82) is 0 Å². The lowest BCUT2D eigenvalue weighted by Crippen LogP contribution is -2.18. The van der Waals surface area contributed by atoms with E-state index in [2.05, 4.69) is 20.2 Å². The van der Waals surface area contributed by atoms with Gasteiger partial charge in [-0.2, -0.15) is 4.98 Å². The maximum Gasteiger partial charge on any atom is 0.286 e. The summed E-state index contributed by atoms with van der Waals surface area (Å²) in [6.07, 6.45) is 8.27. The van der Waals surface area contributed by atoms with Crippen molar-refractivity contribution in [2.45, 2.75) is 38.6 Å². The van der Waals surface area contributed by atoms with Crippen LogP contribution in [0.2, 0.25) is 0 Å². The third-order valence-electron chi connectivity index (χ3n) is 3.72. The van der Waals surface area contributed by atoms with Gasteiger partial charge < -0.3 is 10.3 Å². The van der Waals surface area contributed by atoms with Gasteiger partial charge in [0.1, 0.15) is 12.9 Å². The second kappa shape index (κ2) is 6.67. The first kappa shape index (κ1) is 15.3. The number of carbonyl (C=O) groups excluding carboxylic acids is 1. The summed E-state index contributed by atoms with van der Waals surface area (Å²) in [7, 11) is 0. The summed E-state index contributed by atoms with van der Waals surface area (Å²) in [5, 5.41) is 7.66.